The summed E-state index contributed by atoms with van der Waals surface area (Å²) in [5.41, 5.74) is 0.262. The van der Waals surface area contributed by atoms with E-state index in [2.05, 4.69) is 15.3 Å². The highest BCUT2D eigenvalue weighted by atomic mass is 35.5. The average molecular weight is 419 g/mol. The van der Waals surface area contributed by atoms with Crippen LogP contribution in [0.25, 0.3) is 0 Å². The van der Waals surface area contributed by atoms with Gasteiger partial charge >= 0.3 is 5.97 Å². The van der Waals surface area contributed by atoms with Crippen LogP contribution in [-0.2, 0) is 4.74 Å². The first kappa shape index (κ1) is 19.1. The van der Waals surface area contributed by atoms with Crippen molar-refractivity contribution in [1.29, 1.82) is 0 Å². The number of carbonyl (C=O) groups is 1. The first-order chi connectivity index (χ1) is 12.4. The number of anilines is 1. The van der Waals surface area contributed by atoms with E-state index >= 15 is 0 Å². The van der Waals surface area contributed by atoms with Crippen molar-refractivity contribution in [3.63, 3.8) is 0 Å². The zero-order valence-corrected chi connectivity index (χ0v) is 16.0. The van der Waals surface area contributed by atoms with E-state index in [1.54, 1.807) is 6.07 Å². The molecule has 5 nitrogen and oxygen atoms in total. The molecule has 1 atom stereocenters. The Hall–Kier alpha value is -1.63. The molecule has 0 bridgehead atoms. The zero-order chi connectivity index (χ0) is 18.8. The molecule has 0 radical (unpaired) electrons. The number of rotatable bonds is 6. The Morgan fingerprint density at radius 2 is 2.08 bits per heavy atom. The highest BCUT2D eigenvalue weighted by molar-refractivity contribution is 6.35. The van der Waals surface area contributed by atoms with Crippen LogP contribution in [0.3, 0.4) is 0 Å². The fourth-order valence-electron chi connectivity index (χ4n) is 2.39. The van der Waals surface area contributed by atoms with Crippen LogP contribution in [0.2, 0.25) is 15.1 Å². The molecule has 0 aliphatic heterocycles. The van der Waals surface area contributed by atoms with Gasteiger partial charge in [0.15, 0.2) is 5.69 Å². The van der Waals surface area contributed by atoms with Gasteiger partial charge in [-0.25, -0.2) is 19.2 Å². The van der Waals surface area contributed by atoms with Crippen molar-refractivity contribution in [2.45, 2.75) is 24.9 Å². The maximum atomic E-state index is 14.6. The molecule has 26 heavy (non-hydrogen) atoms. The van der Waals surface area contributed by atoms with E-state index in [4.69, 9.17) is 39.5 Å². The summed E-state index contributed by atoms with van der Waals surface area (Å²) in [5, 5.41) is 3.49. The average Bonchev–Trinajstić information content (AvgIpc) is 3.45. The summed E-state index contributed by atoms with van der Waals surface area (Å²) in [6.07, 6.45) is 0.457. The molecule has 0 spiro atoms. The van der Waals surface area contributed by atoms with Gasteiger partial charge in [-0.2, -0.15) is 0 Å². The third-order valence-corrected chi connectivity index (χ3v) is 4.86. The van der Waals surface area contributed by atoms with Gasteiger partial charge in [-0.3, -0.25) is 0 Å². The summed E-state index contributed by atoms with van der Waals surface area (Å²) >= 11 is 18.1. The molecule has 0 amide bonds. The van der Waals surface area contributed by atoms with Crippen LogP contribution < -0.4 is 5.32 Å². The van der Waals surface area contributed by atoms with Crippen LogP contribution in [0, 0.1) is 0 Å². The molecule has 138 valence electrons. The number of hydrogen-bond acceptors (Lipinski definition) is 5. The number of alkyl halides is 1. The summed E-state index contributed by atoms with van der Waals surface area (Å²) in [4.78, 5) is 20.4. The SMILES string of the molecule is COC(=O)c1nc(C2CC2)nc(NCC(F)c2ccc(Cl)cc2Cl)c1Cl. The number of hydrogen-bond donors (Lipinski definition) is 1. The molecule has 1 N–H and O–H groups in total. The molecule has 3 rings (SSSR count). The van der Waals surface area contributed by atoms with E-state index in [0.29, 0.717) is 16.4 Å². The highest BCUT2D eigenvalue weighted by Crippen LogP contribution is 2.40. The molecule has 0 saturated heterocycles. The summed E-state index contributed by atoms with van der Waals surface area (Å²) in [6, 6.07) is 4.56. The van der Waals surface area contributed by atoms with E-state index in [0.717, 1.165) is 12.8 Å². The Morgan fingerprint density at radius 1 is 1.35 bits per heavy atom. The number of benzene rings is 1. The van der Waals surface area contributed by atoms with Gasteiger partial charge in [0, 0.05) is 21.5 Å². The van der Waals surface area contributed by atoms with Crippen LogP contribution in [-0.4, -0.2) is 29.6 Å². The topological polar surface area (TPSA) is 64.1 Å². The number of nitrogens with one attached hydrogen (secondary N) is 1. The fraction of sp³-hybridized carbons (Fsp3) is 0.353. The Kier molecular flexibility index (Phi) is 5.85. The maximum absolute atomic E-state index is 14.6. The second kappa shape index (κ2) is 7.94. The van der Waals surface area contributed by atoms with Crippen LogP contribution in [0.4, 0.5) is 10.2 Å². The van der Waals surface area contributed by atoms with Crippen LogP contribution in [0.5, 0.6) is 0 Å². The second-order valence-corrected chi connectivity index (χ2v) is 7.09. The van der Waals surface area contributed by atoms with E-state index in [9.17, 15) is 9.18 Å². The lowest BCUT2D eigenvalue weighted by Gasteiger charge is -2.15. The first-order valence-corrected chi connectivity index (χ1v) is 9.02. The van der Waals surface area contributed by atoms with Gasteiger partial charge in [-0.1, -0.05) is 40.9 Å². The Bertz CT molecular complexity index is 846. The quantitative estimate of drug-likeness (QED) is 0.651. The largest absolute Gasteiger partial charge is 0.464 e. The molecule has 9 heteroatoms. The van der Waals surface area contributed by atoms with Crippen molar-refractivity contribution in [2.24, 2.45) is 0 Å². The number of aromatic nitrogens is 2. The summed E-state index contributed by atoms with van der Waals surface area (Å²) in [6.45, 7) is -0.136. The monoisotopic (exact) mass is 417 g/mol. The third kappa shape index (κ3) is 4.19. The van der Waals surface area contributed by atoms with Gasteiger partial charge < -0.3 is 10.1 Å². The molecule has 1 saturated carbocycles. The van der Waals surface area contributed by atoms with Crippen molar-refractivity contribution in [1.82, 2.24) is 9.97 Å². The molecular weight excluding hydrogens is 404 g/mol. The molecule has 1 aliphatic carbocycles. The Morgan fingerprint density at radius 3 is 2.69 bits per heavy atom. The fourth-order valence-corrected chi connectivity index (χ4v) is 3.14. The molecule has 1 aromatic heterocycles. The Labute approximate surface area is 164 Å². The lowest BCUT2D eigenvalue weighted by molar-refractivity contribution is 0.0593. The van der Waals surface area contributed by atoms with Gasteiger partial charge in [-0.15, -0.1) is 0 Å². The predicted octanol–water partition coefficient (Wildman–Crippen LogP) is 5.22. The number of ether oxygens (including phenoxy) is 1. The molecular formula is C17H15Cl3FN3O2. The van der Waals surface area contributed by atoms with Crippen molar-refractivity contribution in [2.75, 3.05) is 19.0 Å². The standard InChI is InChI=1S/C17H15Cl3FN3O2/c1-26-17(25)14-13(20)16(24-15(23-14)8-2-3-8)22-7-12(21)10-5-4-9(18)6-11(10)19/h4-6,8,12H,2-3,7H2,1H3,(H,22,23,24). The minimum absolute atomic E-state index is 0.00402. The lowest BCUT2D eigenvalue weighted by Crippen LogP contribution is -2.15. The number of carbonyl (C=O) groups excluding carboxylic acids is 1. The first-order valence-electron chi connectivity index (χ1n) is 7.89. The van der Waals surface area contributed by atoms with Crippen molar-refractivity contribution >= 4 is 46.6 Å². The normalized spacial score (nSPS) is 14.8. The van der Waals surface area contributed by atoms with Crippen LogP contribution in [0.1, 0.15) is 46.8 Å². The number of esters is 1. The van der Waals surface area contributed by atoms with Gasteiger partial charge in [0.1, 0.15) is 22.8 Å². The maximum Gasteiger partial charge on any atom is 0.358 e. The third-order valence-electron chi connectivity index (χ3n) is 3.94. The Balaban J connectivity index is 1.82. The van der Waals surface area contributed by atoms with E-state index in [1.807, 2.05) is 0 Å². The summed E-state index contributed by atoms with van der Waals surface area (Å²) in [5.74, 6) is 0.205. The van der Waals surface area contributed by atoms with Gasteiger partial charge in [-0.05, 0) is 25.0 Å². The molecule has 1 fully saturated rings. The van der Waals surface area contributed by atoms with Crippen LogP contribution >= 0.6 is 34.8 Å². The van der Waals surface area contributed by atoms with Gasteiger partial charge in [0.2, 0.25) is 0 Å². The van der Waals surface area contributed by atoms with Crippen LogP contribution in [0.15, 0.2) is 18.2 Å². The van der Waals surface area contributed by atoms with E-state index in [-0.39, 0.29) is 34.0 Å². The number of nitrogens with zero attached hydrogens (tertiary/aromatic N) is 2. The van der Waals surface area contributed by atoms with Crippen molar-refractivity contribution in [3.05, 3.63) is 50.3 Å². The van der Waals surface area contributed by atoms with Crippen molar-refractivity contribution in [3.8, 4) is 0 Å². The van der Waals surface area contributed by atoms with Gasteiger partial charge in [0.05, 0.1) is 13.7 Å². The minimum atomic E-state index is -1.42. The molecule has 1 heterocycles. The molecule has 1 aliphatic rings. The highest BCUT2D eigenvalue weighted by Gasteiger charge is 2.30. The minimum Gasteiger partial charge on any atom is -0.464 e. The number of methoxy groups -OCH3 is 1. The molecule has 2 aromatic rings. The smallest absolute Gasteiger partial charge is 0.358 e. The van der Waals surface area contributed by atoms with E-state index in [1.165, 1.54) is 19.2 Å². The molecule has 1 aromatic carbocycles. The number of halogens is 4. The summed E-state index contributed by atoms with van der Waals surface area (Å²) < 4.78 is 19.3. The zero-order valence-electron chi connectivity index (χ0n) is 13.7. The van der Waals surface area contributed by atoms with Crippen molar-refractivity contribution < 1.29 is 13.9 Å². The summed E-state index contributed by atoms with van der Waals surface area (Å²) in [7, 11) is 1.24. The lowest BCUT2D eigenvalue weighted by atomic mass is 10.1. The molecule has 1 unspecified atom stereocenters. The van der Waals surface area contributed by atoms with E-state index < -0.39 is 12.1 Å². The second-order valence-electron chi connectivity index (χ2n) is 5.87. The van der Waals surface area contributed by atoms with Gasteiger partial charge in [0.25, 0.3) is 0 Å². The predicted molar refractivity (Wildman–Crippen MR) is 99.2 cm³/mol.